The molecule has 0 unspecified atom stereocenters. The molecule has 0 saturated carbocycles. The molecule has 0 radical (unpaired) electrons. The van der Waals surface area contributed by atoms with Crippen LogP contribution in [-0.2, 0) is 0 Å². The van der Waals surface area contributed by atoms with Gasteiger partial charge in [0.25, 0.3) is 0 Å². The van der Waals surface area contributed by atoms with Gasteiger partial charge in [-0.15, -0.1) is 0 Å². The van der Waals surface area contributed by atoms with Crippen LogP contribution in [0.25, 0.3) is 0 Å². The lowest BCUT2D eigenvalue weighted by molar-refractivity contribution is 0.139. The van der Waals surface area contributed by atoms with Crippen molar-refractivity contribution in [2.75, 3.05) is 13.1 Å². The SMILES string of the molecule is NC[C@@H]1C[C@H](F)CN1C(=O)O. The van der Waals surface area contributed by atoms with Crippen molar-refractivity contribution in [2.24, 2.45) is 5.73 Å². The molecule has 4 nitrogen and oxygen atoms in total. The van der Waals surface area contributed by atoms with Crippen molar-refractivity contribution in [1.82, 2.24) is 4.90 Å². The molecular weight excluding hydrogens is 151 g/mol. The maximum atomic E-state index is 12.6. The topological polar surface area (TPSA) is 66.6 Å². The second kappa shape index (κ2) is 3.04. The number of nitrogens with zero attached hydrogens (tertiary/aromatic N) is 1. The Bertz CT molecular complexity index is 165. The Kier molecular flexibility index (Phi) is 2.28. The predicted octanol–water partition coefficient (Wildman–Crippen LogP) is 0.0355. The minimum absolute atomic E-state index is 0.0306. The Morgan fingerprint density at radius 1 is 1.82 bits per heavy atom. The quantitative estimate of drug-likeness (QED) is 0.571. The molecule has 1 aliphatic rings. The summed E-state index contributed by atoms with van der Waals surface area (Å²) in [4.78, 5) is 11.5. The Morgan fingerprint density at radius 3 is 2.82 bits per heavy atom. The van der Waals surface area contributed by atoms with Crippen molar-refractivity contribution in [2.45, 2.75) is 18.6 Å². The largest absolute Gasteiger partial charge is 0.465 e. The normalized spacial score (nSPS) is 30.9. The van der Waals surface area contributed by atoms with Crippen molar-refractivity contribution in [3.8, 4) is 0 Å². The Hall–Kier alpha value is -0.840. The summed E-state index contributed by atoms with van der Waals surface area (Å²) in [6.45, 7) is 0.171. The molecule has 64 valence electrons. The Morgan fingerprint density at radius 2 is 2.45 bits per heavy atom. The molecule has 1 saturated heterocycles. The molecule has 0 aromatic heterocycles. The number of halogens is 1. The van der Waals surface area contributed by atoms with Crippen LogP contribution in [0.15, 0.2) is 0 Å². The van der Waals surface area contributed by atoms with E-state index in [1.54, 1.807) is 0 Å². The van der Waals surface area contributed by atoms with Gasteiger partial charge in [0.05, 0.1) is 12.6 Å². The van der Waals surface area contributed by atoms with Crippen LogP contribution in [-0.4, -0.2) is 41.4 Å². The van der Waals surface area contributed by atoms with E-state index in [2.05, 4.69) is 0 Å². The molecule has 1 amide bonds. The number of carboxylic acid groups (broad SMARTS) is 1. The van der Waals surface area contributed by atoms with Gasteiger partial charge in [0.1, 0.15) is 6.17 Å². The summed E-state index contributed by atoms with van der Waals surface area (Å²) in [6, 6.07) is -0.331. The Labute approximate surface area is 63.8 Å². The summed E-state index contributed by atoms with van der Waals surface area (Å²) in [5.74, 6) is 0. The number of amides is 1. The number of rotatable bonds is 1. The smallest absolute Gasteiger partial charge is 0.407 e. The summed E-state index contributed by atoms with van der Waals surface area (Å²) in [5, 5.41) is 8.54. The molecule has 1 aliphatic heterocycles. The molecule has 0 spiro atoms. The fraction of sp³-hybridized carbons (Fsp3) is 0.833. The van der Waals surface area contributed by atoms with Crippen LogP contribution in [0.3, 0.4) is 0 Å². The van der Waals surface area contributed by atoms with Crippen molar-refractivity contribution >= 4 is 6.09 Å². The maximum Gasteiger partial charge on any atom is 0.407 e. The zero-order valence-electron chi connectivity index (χ0n) is 6.03. The minimum atomic E-state index is -1.08. The second-order valence-electron chi connectivity index (χ2n) is 2.66. The molecular formula is C6H11FN2O2. The fourth-order valence-electron chi connectivity index (χ4n) is 1.32. The third-order valence-electron chi connectivity index (χ3n) is 1.88. The first-order chi connectivity index (χ1) is 5.15. The number of hydrogen-bond acceptors (Lipinski definition) is 2. The van der Waals surface area contributed by atoms with Crippen molar-refractivity contribution in [3.05, 3.63) is 0 Å². The lowest BCUT2D eigenvalue weighted by atomic mass is 10.2. The van der Waals surface area contributed by atoms with E-state index in [0.29, 0.717) is 0 Å². The number of carbonyl (C=O) groups is 1. The monoisotopic (exact) mass is 162 g/mol. The third-order valence-corrected chi connectivity index (χ3v) is 1.88. The molecule has 5 heteroatoms. The van der Waals surface area contributed by atoms with Gasteiger partial charge in [-0.2, -0.15) is 0 Å². The molecule has 0 bridgehead atoms. The van der Waals surface area contributed by atoms with Gasteiger partial charge in [-0.05, 0) is 0 Å². The molecule has 11 heavy (non-hydrogen) atoms. The molecule has 0 aromatic rings. The molecule has 1 heterocycles. The highest BCUT2D eigenvalue weighted by Gasteiger charge is 2.34. The lowest BCUT2D eigenvalue weighted by Crippen LogP contribution is -2.39. The van der Waals surface area contributed by atoms with Crippen molar-refractivity contribution < 1.29 is 14.3 Å². The third kappa shape index (κ3) is 1.59. The maximum absolute atomic E-state index is 12.6. The van der Waals surface area contributed by atoms with Gasteiger partial charge >= 0.3 is 6.09 Å². The summed E-state index contributed by atoms with van der Waals surface area (Å²) < 4.78 is 12.6. The first kappa shape index (κ1) is 8.26. The van der Waals surface area contributed by atoms with Gasteiger partial charge in [0, 0.05) is 13.0 Å². The second-order valence-corrected chi connectivity index (χ2v) is 2.66. The highest BCUT2D eigenvalue weighted by Crippen LogP contribution is 2.19. The summed E-state index contributed by atoms with van der Waals surface area (Å²) in [6.07, 6.45) is -1.89. The zero-order chi connectivity index (χ0) is 8.43. The molecule has 1 fully saturated rings. The number of likely N-dealkylation sites (tertiary alicyclic amines) is 1. The fourth-order valence-corrected chi connectivity index (χ4v) is 1.32. The predicted molar refractivity (Wildman–Crippen MR) is 37.1 cm³/mol. The van der Waals surface area contributed by atoms with E-state index in [1.165, 1.54) is 0 Å². The minimum Gasteiger partial charge on any atom is -0.465 e. The summed E-state index contributed by atoms with van der Waals surface area (Å²) >= 11 is 0. The molecule has 2 atom stereocenters. The summed E-state index contributed by atoms with van der Waals surface area (Å²) in [5.41, 5.74) is 5.25. The van der Waals surface area contributed by atoms with Crippen LogP contribution in [0.2, 0.25) is 0 Å². The highest BCUT2D eigenvalue weighted by molar-refractivity contribution is 5.66. The van der Waals surface area contributed by atoms with Gasteiger partial charge in [0.2, 0.25) is 0 Å². The van der Waals surface area contributed by atoms with Crippen LogP contribution in [0.4, 0.5) is 9.18 Å². The van der Waals surface area contributed by atoms with E-state index in [9.17, 15) is 9.18 Å². The van der Waals surface area contributed by atoms with Gasteiger partial charge < -0.3 is 15.7 Å². The van der Waals surface area contributed by atoms with E-state index in [4.69, 9.17) is 10.8 Å². The van der Waals surface area contributed by atoms with Gasteiger partial charge in [-0.25, -0.2) is 9.18 Å². The van der Waals surface area contributed by atoms with Crippen LogP contribution in [0.5, 0.6) is 0 Å². The van der Waals surface area contributed by atoms with Gasteiger partial charge in [-0.1, -0.05) is 0 Å². The van der Waals surface area contributed by atoms with Crippen molar-refractivity contribution in [1.29, 1.82) is 0 Å². The van der Waals surface area contributed by atoms with Gasteiger partial charge in [-0.3, -0.25) is 0 Å². The first-order valence-corrected chi connectivity index (χ1v) is 3.49. The molecule has 3 N–H and O–H groups in total. The standard InChI is InChI=1S/C6H11FN2O2/c7-4-1-5(2-8)9(3-4)6(10)11/h4-5H,1-3,8H2,(H,10,11)/t4-,5-/m0/s1. The molecule has 0 aliphatic carbocycles. The number of nitrogens with two attached hydrogens (primary N) is 1. The van der Waals surface area contributed by atoms with E-state index in [-0.39, 0.29) is 25.6 Å². The first-order valence-electron chi connectivity index (χ1n) is 3.49. The van der Waals surface area contributed by atoms with E-state index >= 15 is 0 Å². The highest BCUT2D eigenvalue weighted by atomic mass is 19.1. The lowest BCUT2D eigenvalue weighted by Gasteiger charge is -2.18. The van der Waals surface area contributed by atoms with E-state index in [1.807, 2.05) is 0 Å². The molecule has 1 rings (SSSR count). The zero-order valence-corrected chi connectivity index (χ0v) is 6.03. The molecule has 0 aromatic carbocycles. The average Bonchev–Trinajstić information content (AvgIpc) is 2.30. The number of alkyl halides is 1. The average molecular weight is 162 g/mol. The Balaban J connectivity index is 2.57. The number of hydrogen-bond donors (Lipinski definition) is 2. The van der Waals surface area contributed by atoms with Crippen molar-refractivity contribution in [3.63, 3.8) is 0 Å². The van der Waals surface area contributed by atoms with Crippen LogP contribution >= 0.6 is 0 Å². The van der Waals surface area contributed by atoms with E-state index in [0.717, 1.165) is 4.90 Å². The van der Waals surface area contributed by atoms with E-state index < -0.39 is 12.3 Å². The summed E-state index contributed by atoms with van der Waals surface area (Å²) in [7, 11) is 0. The van der Waals surface area contributed by atoms with Crippen LogP contribution in [0, 0.1) is 0 Å². The van der Waals surface area contributed by atoms with Crippen LogP contribution in [0.1, 0.15) is 6.42 Å². The van der Waals surface area contributed by atoms with Gasteiger partial charge in [0.15, 0.2) is 0 Å². The van der Waals surface area contributed by atoms with Crippen LogP contribution < -0.4 is 5.73 Å².